The van der Waals surface area contributed by atoms with Crippen molar-refractivity contribution in [3.63, 3.8) is 0 Å². The number of unbranched alkanes of at least 4 members (excludes halogenated alkanes) is 2. The quantitative estimate of drug-likeness (QED) is 0.0413. The molecule has 3 fully saturated rings. The van der Waals surface area contributed by atoms with Gasteiger partial charge < -0.3 is 89.9 Å². The van der Waals surface area contributed by atoms with Gasteiger partial charge in [0.1, 0.15) is 73.2 Å². The van der Waals surface area contributed by atoms with Crippen LogP contribution in [0.25, 0.3) is 0 Å². The Balaban J connectivity index is 1.65. The van der Waals surface area contributed by atoms with Gasteiger partial charge in [-0.15, -0.1) is 0 Å². The van der Waals surface area contributed by atoms with Gasteiger partial charge in [0, 0.05) is 6.42 Å². The topological polar surface area (TPSA) is 307 Å². The zero-order chi connectivity index (χ0) is 39.2. The molecule has 17 unspecified atom stereocenters. The van der Waals surface area contributed by atoms with E-state index in [1.54, 1.807) is 6.08 Å². The van der Waals surface area contributed by atoms with Crippen molar-refractivity contribution >= 4 is 5.91 Å². The Morgan fingerprint density at radius 2 is 1.13 bits per heavy atom. The van der Waals surface area contributed by atoms with Crippen LogP contribution in [0.1, 0.15) is 52.4 Å². The molecule has 0 saturated carbocycles. The Kier molecular flexibility index (Phi) is 19.6. The first-order valence-corrected chi connectivity index (χ1v) is 18.1. The average molecular weight is 770 g/mol. The van der Waals surface area contributed by atoms with Gasteiger partial charge >= 0.3 is 0 Å². The van der Waals surface area contributed by atoms with E-state index in [9.17, 15) is 61.0 Å². The molecule has 0 bridgehead atoms. The summed E-state index contributed by atoms with van der Waals surface area (Å²) in [5, 5.41) is 117. The number of carbonyl (C=O) groups is 1. The third kappa shape index (κ3) is 12.4. The van der Waals surface area contributed by atoms with Crippen molar-refractivity contribution in [1.29, 1.82) is 0 Å². The van der Waals surface area contributed by atoms with Crippen LogP contribution >= 0.6 is 0 Å². The monoisotopic (exact) mass is 769 g/mol. The van der Waals surface area contributed by atoms with Crippen LogP contribution in [0, 0.1) is 0 Å². The number of allylic oxidation sites excluding steroid dienone is 3. The number of ether oxygens (including phenoxy) is 6. The summed E-state index contributed by atoms with van der Waals surface area (Å²) in [7, 11) is 0. The maximum atomic E-state index is 12.4. The largest absolute Gasteiger partial charge is 0.394 e. The molecule has 0 aromatic rings. The highest BCUT2D eigenvalue weighted by atomic mass is 16.8. The smallest absolute Gasteiger partial charge is 0.220 e. The average Bonchev–Trinajstić information content (AvgIpc) is 3.14. The molecule has 0 aromatic heterocycles. The lowest BCUT2D eigenvalue weighted by Crippen LogP contribution is -2.66. The molecular weight excluding hydrogens is 710 g/mol. The third-order valence-electron chi connectivity index (χ3n) is 9.20. The van der Waals surface area contributed by atoms with Gasteiger partial charge in [0.05, 0.1) is 38.6 Å². The summed E-state index contributed by atoms with van der Waals surface area (Å²) >= 11 is 0. The van der Waals surface area contributed by atoms with Crippen molar-refractivity contribution in [3.8, 4) is 0 Å². The summed E-state index contributed by atoms with van der Waals surface area (Å²) in [6.45, 7) is 1.09. The molecule has 3 saturated heterocycles. The number of aliphatic hydroxyl groups is 11. The van der Waals surface area contributed by atoms with Crippen molar-refractivity contribution in [2.24, 2.45) is 0 Å². The van der Waals surface area contributed by atoms with Gasteiger partial charge in [-0.2, -0.15) is 0 Å². The minimum atomic E-state index is -1.97. The minimum Gasteiger partial charge on any atom is -0.394 e. The van der Waals surface area contributed by atoms with Crippen LogP contribution in [0.15, 0.2) is 24.3 Å². The summed E-state index contributed by atoms with van der Waals surface area (Å²) in [6, 6.07) is -0.976. The molecule has 19 heteroatoms. The third-order valence-corrected chi connectivity index (χ3v) is 9.20. The molecule has 3 aliphatic heterocycles. The lowest BCUT2D eigenvalue weighted by molar-refractivity contribution is -0.379. The second kappa shape index (κ2) is 22.7. The summed E-state index contributed by atoms with van der Waals surface area (Å²) in [5.74, 6) is -0.349. The maximum absolute atomic E-state index is 12.4. The van der Waals surface area contributed by atoms with Crippen LogP contribution in [0.4, 0.5) is 0 Å². The maximum Gasteiger partial charge on any atom is 0.220 e. The number of aliphatic hydroxyl groups excluding tert-OH is 11. The second-order valence-corrected chi connectivity index (χ2v) is 13.3. The van der Waals surface area contributed by atoms with Crippen LogP contribution in [0.3, 0.4) is 0 Å². The lowest BCUT2D eigenvalue weighted by atomic mass is 9.96. The molecule has 1 amide bonds. The minimum absolute atomic E-state index is 0.184. The molecule has 19 nitrogen and oxygen atoms in total. The Hall–Kier alpha value is -1.73. The molecular formula is C34H59NO18. The lowest BCUT2D eigenvalue weighted by Gasteiger charge is -2.48. The van der Waals surface area contributed by atoms with Gasteiger partial charge in [0.15, 0.2) is 18.9 Å². The van der Waals surface area contributed by atoms with Gasteiger partial charge in [-0.05, 0) is 25.7 Å². The van der Waals surface area contributed by atoms with Crippen molar-refractivity contribution in [3.05, 3.63) is 24.3 Å². The van der Waals surface area contributed by atoms with Gasteiger partial charge in [-0.25, -0.2) is 0 Å². The van der Waals surface area contributed by atoms with Crippen LogP contribution in [0.5, 0.6) is 0 Å². The molecule has 3 heterocycles. The highest BCUT2D eigenvalue weighted by Gasteiger charge is 2.53. The SMILES string of the molecule is CCC/C=C/CC/C=C/C(O)C(COC1OC(CO)C(OC2OC(CO)C(OC3OC(CO)C(O)C(O)C3O)C(O)C2O)C(O)C1O)NC(=O)CCC. The summed E-state index contributed by atoms with van der Waals surface area (Å²) in [4.78, 5) is 12.4. The Bertz CT molecular complexity index is 1110. The molecule has 53 heavy (non-hydrogen) atoms. The van der Waals surface area contributed by atoms with Crippen molar-refractivity contribution in [2.45, 2.75) is 157 Å². The molecule has 0 spiro atoms. The van der Waals surface area contributed by atoms with Gasteiger partial charge in [0.2, 0.25) is 5.91 Å². The van der Waals surface area contributed by atoms with E-state index in [0.29, 0.717) is 12.8 Å². The molecule has 0 radical (unpaired) electrons. The molecule has 17 atom stereocenters. The zero-order valence-corrected chi connectivity index (χ0v) is 30.0. The summed E-state index contributed by atoms with van der Waals surface area (Å²) < 4.78 is 33.5. The fraction of sp³-hybridized carbons (Fsp3) is 0.853. The predicted octanol–water partition coefficient (Wildman–Crippen LogP) is -4.21. The van der Waals surface area contributed by atoms with E-state index in [0.717, 1.165) is 19.3 Å². The number of nitrogens with one attached hydrogen (secondary N) is 1. The van der Waals surface area contributed by atoms with E-state index < -0.39 is 124 Å². The second-order valence-electron chi connectivity index (χ2n) is 13.3. The van der Waals surface area contributed by atoms with Crippen LogP contribution in [0.2, 0.25) is 0 Å². The molecule has 3 aliphatic rings. The van der Waals surface area contributed by atoms with E-state index >= 15 is 0 Å². The van der Waals surface area contributed by atoms with E-state index in [4.69, 9.17) is 28.4 Å². The summed E-state index contributed by atoms with van der Waals surface area (Å²) in [5.41, 5.74) is 0. The standard InChI is InChI=1S/C34H59NO18/c1-3-5-6-7-8-9-10-12-18(39)17(35-22(40)11-4-2)16-48-32-28(46)25(43)30(20(14-37)50-32)53-34-29(47)26(44)31(21(15-38)51-34)52-33-27(45)24(42)23(41)19(13-36)49-33/h6-7,10,12,17-21,23-34,36-39,41-47H,3-5,8-9,11,13-16H2,1-2H3,(H,35,40)/b7-6+,12-10+. The Morgan fingerprint density at radius 1 is 0.642 bits per heavy atom. The molecule has 308 valence electrons. The Morgan fingerprint density at radius 3 is 1.68 bits per heavy atom. The van der Waals surface area contributed by atoms with E-state index in [1.807, 2.05) is 13.0 Å². The van der Waals surface area contributed by atoms with Crippen LogP contribution < -0.4 is 5.32 Å². The number of hydrogen-bond donors (Lipinski definition) is 12. The molecule has 12 N–H and O–H groups in total. The van der Waals surface area contributed by atoms with E-state index in [-0.39, 0.29) is 18.9 Å². The zero-order valence-electron chi connectivity index (χ0n) is 30.0. The highest BCUT2D eigenvalue weighted by molar-refractivity contribution is 5.76. The summed E-state index contributed by atoms with van der Waals surface area (Å²) in [6.07, 6.45) is -15.2. The van der Waals surface area contributed by atoms with Crippen LogP contribution in [-0.4, -0.2) is 193 Å². The number of rotatable bonds is 20. The first-order chi connectivity index (χ1) is 25.3. The molecule has 0 aromatic carbocycles. The first-order valence-electron chi connectivity index (χ1n) is 18.1. The van der Waals surface area contributed by atoms with Crippen molar-refractivity contribution < 1.29 is 89.4 Å². The highest BCUT2D eigenvalue weighted by Crippen LogP contribution is 2.32. The van der Waals surface area contributed by atoms with E-state index in [2.05, 4.69) is 18.3 Å². The molecule has 3 rings (SSSR count). The van der Waals surface area contributed by atoms with E-state index in [1.165, 1.54) is 6.08 Å². The van der Waals surface area contributed by atoms with Gasteiger partial charge in [0.25, 0.3) is 0 Å². The Labute approximate surface area is 308 Å². The number of hydrogen-bond acceptors (Lipinski definition) is 18. The number of amides is 1. The van der Waals surface area contributed by atoms with Gasteiger partial charge in [-0.3, -0.25) is 4.79 Å². The fourth-order valence-corrected chi connectivity index (χ4v) is 6.08. The van der Waals surface area contributed by atoms with Crippen molar-refractivity contribution in [2.75, 3.05) is 26.4 Å². The fourth-order valence-electron chi connectivity index (χ4n) is 6.08. The van der Waals surface area contributed by atoms with Gasteiger partial charge in [-0.1, -0.05) is 44.6 Å². The number of carbonyl (C=O) groups excluding carboxylic acids is 1. The first kappa shape index (κ1) is 45.7. The molecule has 0 aliphatic carbocycles. The predicted molar refractivity (Wildman–Crippen MR) is 180 cm³/mol. The van der Waals surface area contributed by atoms with Crippen molar-refractivity contribution in [1.82, 2.24) is 5.32 Å². The normalized spacial score (nSPS) is 39.4. The van der Waals surface area contributed by atoms with Crippen LogP contribution in [-0.2, 0) is 33.2 Å².